The molecule has 0 saturated carbocycles. The monoisotopic (exact) mass is 478 g/mol. The van der Waals surface area contributed by atoms with Gasteiger partial charge in [-0.1, -0.05) is 31.2 Å². The maximum Gasteiger partial charge on any atom is 0.407 e. The highest BCUT2D eigenvalue weighted by Crippen LogP contribution is 2.41. The molecule has 0 fully saturated rings. The number of pyridine rings is 1. The maximum atomic E-state index is 12.6. The molecule has 2 aromatic heterocycles. The van der Waals surface area contributed by atoms with Crippen molar-refractivity contribution in [1.82, 2.24) is 10.3 Å². The van der Waals surface area contributed by atoms with Gasteiger partial charge < -0.3 is 19.8 Å². The number of carbonyl (C=O) groups excluding carboxylic acids is 1. The molecule has 0 bridgehead atoms. The number of hydrogen-bond donors (Lipinski definition) is 2. The fourth-order valence-electron chi connectivity index (χ4n) is 4.13. The summed E-state index contributed by atoms with van der Waals surface area (Å²) < 4.78 is 11.2. The van der Waals surface area contributed by atoms with E-state index in [0.717, 1.165) is 44.3 Å². The number of alkyl carbamates (subject to hydrolysis) is 1. The minimum Gasteiger partial charge on any atom is -0.496 e. The number of benzene rings is 2. The lowest BCUT2D eigenvalue weighted by atomic mass is 9.93. The molecular weight excluding hydrogens is 448 g/mol. The number of aryl methyl sites for hydroxylation is 1. The molecule has 0 aliphatic heterocycles. The van der Waals surface area contributed by atoms with Crippen molar-refractivity contribution < 1.29 is 14.3 Å². The molecule has 178 valence electrons. The number of aromatic amines is 1. The molecule has 1 amide bonds. The summed E-state index contributed by atoms with van der Waals surface area (Å²) in [6, 6.07) is 10.2. The predicted octanol–water partition coefficient (Wildman–Crippen LogP) is 6.36. The first-order valence-electron chi connectivity index (χ1n) is 11.2. The lowest BCUT2D eigenvalue weighted by Gasteiger charge is -2.21. The molecule has 0 aliphatic carbocycles. The zero-order valence-corrected chi connectivity index (χ0v) is 21.2. The summed E-state index contributed by atoms with van der Waals surface area (Å²) in [6.45, 7) is 10.0. The van der Waals surface area contributed by atoms with Gasteiger partial charge in [-0.3, -0.25) is 4.79 Å². The van der Waals surface area contributed by atoms with Crippen molar-refractivity contribution >= 4 is 39.1 Å². The standard InChI is InChI=1S/C27H30N2O4S/c1-15-11-21(32-6)22(23-19-13-34-14-20(19)25(30)28-24(15)23)18-9-7-17(8-10-18)16(2)12-33-26(31)29-27(3,4)5/h7-11,13-14,16H,12H2,1-6H3,(H,28,30)(H,29,31)/t16-/m0/s1. The molecule has 6 nitrogen and oxygen atoms in total. The van der Waals surface area contributed by atoms with Gasteiger partial charge in [0.2, 0.25) is 0 Å². The number of hydrogen-bond acceptors (Lipinski definition) is 5. The zero-order chi connectivity index (χ0) is 24.6. The number of amides is 1. The molecule has 0 aliphatic rings. The van der Waals surface area contributed by atoms with Crippen LogP contribution in [0.25, 0.3) is 32.8 Å². The minimum atomic E-state index is -0.416. The molecule has 2 heterocycles. The number of aromatic nitrogens is 1. The number of thiophene rings is 1. The van der Waals surface area contributed by atoms with Crippen molar-refractivity contribution in [1.29, 1.82) is 0 Å². The summed E-state index contributed by atoms with van der Waals surface area (Å²) in [5.74, 6) is 0.795. The third-order valence-electron chi connectivity index (χ3n) is 5.83. The number of fused-ring (bicyclic) bond motifs is 3. The molecule has 2 aromatic carbocycles. The van der Waals surface area contributed by atoms with E-state index in [1.54, 1.807) is 7.11 Å². The fraction of sp³-hybridized carbons (Fsp3) is 0.333. The first-order chi connectivity index (χ1) is 16.1. The second kappa shape index (κ2) is 9.14. The van der Waals surface area contributed by atoms with Gasteiger partial charge >= 0.3 is 6.09 Å². The number of rotatable bonds is 5. The van der Waals surface area contributed by atoms with Crippen LogP contribution in [0.2, 0.25) is 0 Å². The zero-order valence-electron chi connectivity index (χ0n) is 20.4. The van der Waals surface area contributed by atoms with Gasteiger partial charge in [-0.2, -0.15) is 11.3 Å². The van der Waals surface area contributed by atoms with Crippen LogP contribution in [0, 0.1) is 6.92 Å². The Balaban J connectivity index is 1.70. The SMILES string of the molecule is COc1cc(C)c2[nH]c(=O)c3cscc3c2c1-c1ccc([C@@H](C)COC(=O)NC(C)(C)C)cc1. The Morgan fingerprint density at radius 2 is 1.82 bits per heavy atom. The predicted molar refractivity (Wildman–Crippen MR) is 139 cm³/mol. The van der Waals surface area contributed by atoms with E-state index in [4.69, 9.17) is 9.47 Å². The van der Waals surface area contributed by atoms with Crippen LogP contribution < -0.4 is 15.6 Å². The molecule has 0 saturated heterocycles. The van der Waals surface area contributed by atoms with Crippen molar-refractivity contribution in [2.45, 2.75) is 46.1 Å². The molecule has 0 spiro atoms. The van der Waals surface area contributed by atoms with Crippen LogP contribution in [0.1, 0.15) is 44.7 Å². The van der Waals surface area contributed by atoms with E-state index in [9.17, 15) is 9.59 Å². The molecule has 4 rings (SSSR count). The number of carbonyl (C=O) groups is 1. The van der Waals surface area contributed by atoms with E-state index in [1.807, 2.05) is 63.6 Å². The van der Waals surface area contributed by atoms with Gasteiger partial charge in [0.1, 0.15) is 5.75 Å². The van der Waals surface area contributed by atoms with Gasteiger partial charge in [0, 0.05) is 33.2 Å². The van der Waals surface area contributed by atoms with E-state index >= 15 is 0 Å². The first-order valence-corrected chi connectivity index (χ1v) is 12.2. The number of nitrogens with one attached hydrogen (secondary N) is 2. The maximum absolute atomic E-state index is 12.6. The lowest BCUT2D eigenvalue weighted by Crippen LogP contribution is -2.41. The summed E-state index contributed by atoms with van der Waals surface area (Å²) in [5.41, 5.74) is 4.36. The van der Waals surface area contributed by atoms with Gasteiger partial charge in [-0.05, 0) is 55.8 Å². The molecule has 2 N–H and O–H groups in total. The Bertz CT molecular complexity index is 1410. The van der Waals surface area contributed by atoms with E-state index in [1.165, 1.54) is 11.3 Å². The fourth-order valence-corrected chi connectivity index (χ4v) is 4.95. The Morgan fingerprint density at radius 3 is 2.47 bits per heavy atom. The number of ether oxygens (including phenoxy) is 2. The third kappa shape index (κ3) is 4.66. The molecule has 34 heavy (non-hydrogen) atoms. The van der Waals surface area contributed by atoms with Crippen LogP contribution in [-0.4, -0.2) is 30.3 Å². The van der Waals surface area contributed by atoms with E-state index in [2.05, 4.69) is 22.4 Å². The normalized spacial score (nSPS) is 12.6. The van der Waals surface area contributed by atoms with E-state index in [-0.39, 0.29) is 23.6 Å². The van der Waals surface area contributed by atoms with Crippen LogP contribution in [0.3, 0.4) is 0 Å². The smallest absolute Gasteiger partial charge is 0.407 e. The van der Waals surface area contributed by atoms with Gasteiger partial charge in [0.15, 0.2) is 0 Å². The van der Waals surface area contributed by atoms with Crippen LogP contribution in [0.15, 0.2) is 45.9 Å². The molecule has 4 aromatic rings. The number of H-pyrrole nitrogens is 1. The molecule has 0 radical (unpaired) electrons. The van der Waals surface area contributed by atoms with E-state index in [0.29, 0.717) is 5.39 Å². The Labute approximate surface area is 202 Å². The summed E-state index contributed by atoms with van der Waals surface area (Å²) in [7, 11) is 1.66. The first kappa shape index (κ1) is 23.8. The highest BCUT2D eigenvalue weighted by Gasteiger charge is 2.19. The average Bonchev–Trinajstić information content (AvgIpc) is 3.28. The van der Waals surface area contributed by atoms with Gasteiger partial charge in [-0.25, -0.2) is 4.79 Å². The highest BCUT2D eigenvalue weighted by molar-refractivity contribution is 7.09. The molecule has 7 heteroatoms. The Hall–Kier alpha value is -3.32. The Kier molecular flexibility index (Phi) is 6.41. The molecule has 1 atom stereocenters. The van der Waals surface area contributed by atoms with Crippen LogP contribution in [-0.2, 0) is 4.74 Å². The topological polar surface area (TPSA) is 80.4 Å². The van der Waals surface area contributed by atoms with Crippen molar-refractivity contribution in [2.75, 3.05) is 13.7 Å². The third-order valence-corrected chi connectivity index (χ3v) is 6.58. The second-order valence-electron chi connectivity index (χ2n) is 9.67. The van der Waals surface area contributed by atoms with Crippen molar-refractivity contribution in [2.24, 2.45) is 0 Å². The highest BCUT2D eigenvalue weighted by atomic mass is 32.1. The summed E-state index contributed by atoms with van der Waals surface area (Å²) >= 11 is 1.52. The average molecular weight is 479 g/mol. The molecule has 0 unspecified atom stereocenters. The number of methoxy groups -OCH3 is 1. The van der Waals surface area contributed by atoms with Gasteiger partial charge in [0.05, 0.1) is 24.6 Å². The Morgan fingerprint density at radius 1 is 1.15 bits per heavy atom. The van der Waals surface area contributed by atoms with Crippen molar-refractivity contribution in [3.8, 4) is 16.9 Å². The van der Waals surface area contributed by atoms with E-state index < -0.39 is 6.09 Å². The van der Waals surface area contributed by atoms with Crippen molar-refractivity contribution in [3.05, 3.63) is 62.6 Å². The summed E-state index contributed by atoms with van der Waals surface area (Å²) in [4.78, 5) is 27.6. The lowest BCUT2D eigenvalue weighted by molar-refractivity contribution is 0.132. The van der Waals surface area contributed by atoms with Gasteiger partial charge in [0.25, 0.3) is 5.56 Å². The van der Waals surface area contributed by atoms with Crippen LogP contribution in [0.5, 0.6) is 5.75 Å². The molecular formula is C27H30N2O4S. The van der Waals surface area contributed by atoms with Crippen molar-refractivity contribution in [3.63, 3.8) is 0 Å². The largest absolute Gasteiger partial charge is 0.496 e. The summed E-state index contributed by atoms with van der Waals surface area (Å²) in [5, 5.41) is 9.30. The van der Waals surface area contributed by atoms with Crippen LogP contribution in [0.4, 0.5) is 4.79 Å². The minimum absolute atomic E-state index is 0.0383. The quantitative estimate of drug-likeness (QED) is 0.350. The van der Waals surface area contributed by atoms with Gasteiger partial charge in [-0.15, -0.1) is 0 Å². The second-order valence-corrected chi connectivity index (χ2v) is 10.4. The van der Waals surface area contributed by atoms with Crippen LogP contribution >= 0.6 is 11.3 Å². The summed E-state index contributed by atoms with van der Waals surface area (Å²) in [6.07, 6.45) is -0.416.